The summed E-state index contributed by atoms with van der Waals surface area (Å²) in [6.07, 6.45) is 9.53. The number of rotatable bonds is 4. The lowest BCUT2D eigenvalue weighted by Crippen LogP contribution is -2.69. The summed E-state index contributed by atoms with van der Waals surface area (Å²) in [6, 6.07) is 1.37. The van der Waals surface area contributed by atoms with Gasteiger partial charge in [-0.05, 0) is 93.9 Å². The van der Waals surface area contributed by atoms with Crippen LogP contribution in [0.25, 0.3) is 0 Å². The minimum absolute atomic E-state index is 0.212. The molecule has 0 spiro atoms. The van der Waals surface area contributed by atoms with E-state index in [2.05, 4.69) is 82.7 Å². The maximum Gasteiger partial charge on any atom is 0.0627 e. The van der Waals surface area contributed by atoms with E-state index in [9.17, 15) is 0 Å². The van der Waals surface area contributed by atoms with Crippen molar-refractivity contribution in [3.8, 4) is 0 Å². The second-order valence-corrected chi connectivity index (χ2v) is 13.0. The quantitative estimate of drug-likeness (QED) is 0.706. The molecular formula is C25H50N4. The second-order valence-electron chi connectivity index (χ2n) is 13.0. The summed E-state index contributed by atoms with van der Waals surface area (Å²) in [7, 11) is 0. The predicted octanol–water partition coefficient (Wildman–Crippen LogP) is 4.74. The molecule has 0 atom stereocenters. The summed E-state index contributed by atoms with van der Waals surface area (Å²) in [6.45, 7) is 24.1. The van der Waals surface area contributed by atoms with Crippen molar-refractivity contribution in [3.63, 3.8) is 0 Å². The van der Waals surface area contributed by atoms with Crippen LogP contribution in [0.1, 0.15) is 107 Å². The van der Waals surface area contributed by atoms with E-state index in [4.69, 9.17) is 0 Å². The standard InChI is InChI=1S/C25H50N4/c1-10-12-21-28(19-15-22(2,3)26-23(4,5)16-19)13-11-14-29(21)20-17-24(6,7)27-25(8,9)18-20/h19-21,26-27H,10-18H2,1-9H3. The van der Waals surface area contributed by atoms with Gasteiger partial charge in [0.25, 0.3) is 0 Å². The van der Waals surface area contributed by atoms with Gasteiger partial charge in [-0.2, -0.15) is 0 Å². The number of hydrogen-bond donors (Lipinski definition) is 2. The molecule has 0 aromatic carbocycles. The highest BCUT2D eigenvalue weighted by atomic mass is 15.4. The van der Waals surface area contributed by atoms with Gasteiger partial charge in [0.05, 0.1) is 6.17 Å². The molecule has 3 fully saturated rings. The topological polar surface area (TPSA) is 30.5 Å². The first-order valence-electron chi connectivity index (χ1n) is 12.3. The van der Waals surface area contributed by atoms with Crippen LogP contribution in [0.2, 0.25) is 0 Å². The Bertz CT molecular complexity index is 487. The molecule has 3 aliphatic heterocycles. The van der Waals surface area contributed by atoms with E-state index in [-0.39, 0.29) is 22.2 Å². The molecule has 0 bridgehead atoms. The third kappa shape index (κ3) is 5.75. The zero-order valence-corrected chi connectivity index (χ0v) is 21.0. The van der Waals surface area contributed by atoms with Crippen LogP contribution in [0, 0.1) is 0 Å². The lowest BCUT2D eigenvalue weighted by atomic mass is 9.77. The highest BCUT2D eigenvalue weighted by Crippen LogP contribution is 2.38. The first kappa shape index (κ1) is 23.5. The third-order valence-electron chi connectivity index (χ3n) is 7.42. The van der Waals surface area contributed by atoms with Gasteiger partial charge in [0, 0.05) is 47.3 Å². The summed E-state index contributed by atoms with van der Waals surface area (Å²) < 4.78 is 0. The SMILES string of the molecule is CCCC1N(C2CC(C)(C)NC(C)(C)C2)CCCN1C1CC(C)(C)NC(C)(C)C1. The van der Waals surface area contributed by atoms with Gasteiger partial charge in [-0.15, -0.1) is 0 Å². The van der Waals surface area contributed by atoms with Crippen LogP contribution >= 0.6 is 0 Å². The molecule has 4 nitrogen and oxygen atoms in total. The fourth-order valence-corrected chi connectivity index (χ4v) is 7.37. The summed E-state index contributed by atoms with van der Waals surface area (Å²) in [5.41, 5.74) is 0.850. The fraction of sp³-hybridized carbons (Fsp3) is 1.00. The molecule has 3 aliphatic rings. The summed E-state index contributed by atoms with van der Waals surface area (Å²) in [5.74, 6) is 0. The van der Waals surface area contributed by atoms with E-state index in [0.29, 0.717) is 18.2 Å². The zero-order chi connectivity index (χ0) is 21.7. The smallest absolute Gasteiger partial charge is 0.0627 e. The van der Waals surface area contributed by atoms with E-state index < -0.39 is 0 Å². The molecule has 2 N–H and O–H groups in total. The van der Waals surface area contributed by atoms with E-state index >= 15 is 0 Å². The van der Waals surface area contributed by atoms with Gasteiger partial charge >= 0.3 is 0 Å². The van der Waals surface area contributed by atoms with Crippen molar-refractivity contribution in [2.24, 2.45) is 0 Å². The molecule has 0 unspecified atom stereocenters. The molecule has 0 saturated carbocycles. The van der Waals surface area contributed by atoms with Crippen LogP contribution in [-0.4, -0.2) is 63.3 Å². The van der Waals surface area contributed by atoms with Crippen LogP contribution in [0.5, 0.6) is 0 Å². The van der Waals surface area contributed by atoms with Crippen molar-refractivity contribution in [2.75, 3.05) is 13.1 Å². The Labute approximate surface area is 181 Å². The van der Waals surface area contributed by atoms with Crippen LogP contribution in [0.3, 0.4) is 0 Å². The zero-order valence-electron chi connectivity index (χ0n) is 21.0. The number of nitrogens with zero attached hydrogens (tertiary/aromatic N) is 2. The molecule has 0 radical (unpaired) electrons. The molecule has 3 saturated heterocycles. The monoisotopic (exact) mass is 406 g/mol. The minimum Gasteiger partial charge on any atom is -0.307 e. The molecule has 0 aromatic heterocycles. The Morgan fingerprint density at radius 3 is 1.31 bits per heavy atom. The van der Waals surface area contributed by atoms with Crippen LogP contribution in [0.4, 0.5) is 0 Å². The van der Waals surface area contributed by atoms with Crippen molar-refractivity contribution in [1.29, 1.82) is 0 Å². The van der Waals surface area contributed by atoms with Gasteiger partial charge in [-0.25, -0.2) is 0 Å². The van der Waals surface area contributed by atoms with Gasteiger partial charge in [-0.3, -0.25) is 9.80 Å². The van der Waals surface area contributed by atoms with E-state index in [0.717, 1.165) is 0 Å². The molecule has 0 amide bonds. The molecule has 0 aliphatic carbocycles. The summed E-state index contributed by atoms with van der Waals surface area (Å²) >= 11 is 0. The summed E-state index contributed by atoms with van der Waals surface area (Å²) in [4.78, 5) is 5.86. The second kappa shape index (κ2) is 8.07. The number of nitrogens with one attached hydrogen (secondary N) is 2. The molecule has 170 valence electrons. The number of hydrogen-bond acceptors (Lipinski definition) is 4. The molecule has 4 heteroatoms. The van der Waals surface area contributed by atoms with Gasteiger partial charge < -0.3 is 10.6 Å². The van der Waals surface area contributed by atoms with Gasteiger partial charge in [-0.1, -0.05) is 13.3 Å². The average molecular weight is 407 g/mol. The molecular weight excluding hydrogens is 356 g/mol. The molecule has 0 aromatic rings. The van der Waals surface area contributed by atoms with Gasteiger partial charge in [0.15, 0.2) is 0 Å². The first-order chi connectivity index (χ1) is 13.2. The highest BCUT2D eigenvalue weighted by molar-refractivity contribution is 5.04. The molecule has 29 heavy (non-hydrogen) atoms. The molecule has 3 rings (SSSR count). The lowest BCUT2D eigenvalue weighted by Gasteiger charge is -2.58. The summed E-state index contributed by atoms with van der Waals surface area (Å²) in [5, 5.41) is 7.79. The maximum absolute atomic E-state index is 3.90. The lowest BCUT2D eigenvalue weighted by molar-refractivity contribution is -0.0893. The maximum atomic E-state index is 3.90. The van der Waals surface area contributed by atoms with Crippen LogP contribution in [0.15, 0.2) is 0 Å². The molecule has 3 heterocycles. The van der Waals surface area contributed by atoms with Crippen LogP contribution in [-0.2, 0) is 0 Å². The Morgan fingerprint density at radius 1 is 0.655 bits per heavy atom. The first-order valence-corrected chi connectivity index (χ1v) is 12.3. The van der Waals surface area contributed by atoms with Gasteiger partial charge in [0.1, 0.15) is 0 Å². The van der Waals surface area contributed by atoms with E-state index in [1.165, 1.54) is 58.0 Å². The van der Waals surface area contributed by atoms with E-state index in [1.807, 2.05) is 0 Å². The Morgan fingerprint density at radius 2 is 1.00 bits per heavy atom. The van der Waals surface area contributed by atoms with Crippen molar-refractivity contribution in [3.05, 3.63) is 0 Å². The largest absolute Gasteiger partial charge is 0.307 e. The van der Waals surface area contributed by atoms with Crippen molar-refractivity contribution in [1.82, 2.24) is 20.4 Å². The predicted molar refractivity (Wildman–Crippen MR) is 125 cm³/mol. The van der Waals surface area contributed by atoms with Crippen LogP contribution < -0.4 is 10.6 Å². The fourth-order valence-electron chi connectivity index (χ4n) is 7.37. The van der Waals surface area contributed by atoms with E-state index in [1.54, 1.807) is 0 Å². The van der Waals surface area contributed by atoms with Gasteiger partial charge in [0.2, 0.25) is 0 Å². The third-order valence-corrected chi connectivity index (χ3v) is 7.42. The van der Waals surface area contributed by atoms with Crippen molar-refractivity contribution in [2.45, 2.75) is 148 Å². The highest BCUT2D eigenvalue weighted by Gasteiger charge is 2.46. The number of piperidine rings is 2. The minimum atomic E-state index is 0.212. The Balaban J connectivity index is 1.84. The Kier molecular flexibility index (Phi) is 6.54. The normalized spacial score (nSPS) is 31.8. The van der Waals surface area contributed by atoms with Crippen molar-refractivity contribution < 1.29 is 0 Å². The Hall–Kier alpha value is -0.160. The van der Waals surface area contributed by atoms with Crippen molar-refractivity contribution >= 4 is 0 Å². The average Bonchev–Trinajstić information content (AvgIpc) is 2.49.